The van der Waals surface area contributed by atoms with Gasteiger partial charge in [0.15, 0.2) is 9.84 Å². The molecule has 1 aromatic rings. The summed E-state index contributed by atoms with van der Waals surface area (Å²) in [5.41, 5.74) is 0.577. The van der Waals surface area contributed by atoms with E-state index in [1.54, 1.807) is 18.3 Å². The molecule has 7 heteroatoms. The highest BCUT2D eigenvalue weighted by atomic mass is 32.2. The van der Waals surface area contributed by atoms with Gasteiger partial charge in [0.05, 0.1) is 17.1 Å². The largest absolute Gasteiger partial charge is 0.356 e. The molecule has 1 aliphatic rings. The summed E-state index contributed by atoms with van der Waals surface area (Å²) in [5.74, 6) is 1.11. The van der Waals surface area contributed by atoms with Crippen LogP contribution < -0.4 is 4.90 Å². The maximum atomic E-state index is 12.5. The average Bonchev–Trinajstić information content (AvgIpc) is 2.93. The Balaban J connectivity index is 2.08. The summed E-state index contributed by atoms with van der Waals surface area (Å²) < 4.78 is 23.2. The molecular weight excluding hydrogens is 326 g/mol. The molecule has 1 unspecified atom stereocenters. The van der Waals surface area contributed by atoms with Crippen LogP contribution in [0.4, 0.5) is 5.82 Å². The summed E-state index contributed by atoms with van der Waals surface area (Å²) in [6, 6.07) is 3.54. The normalized spacial score (nSPS) is 19.2. The van der Waals surface area contributed by atoms with Gasteiger partial charge in [0.1, 0.15) is 5.82 Å². The van der Waals surface area contributed by atoms with Gasteiger partial charge in [-0.25, -0.2) is 13.4 Å². The van der Waals surface area contributed by atoms with E-state index in [1.165, 1.54) is 0 Å². The Morgan fingerprint density at radius 1 is 1.25 bits per heavy atom. The first-order valence-corrected chi connectivity index (χ1v) is 10.4. The molecule has 1 amide bonds. The minimum Gasteiger partial charge on any atom is -0.356 e. The van der Waals surface area contributed by atoms with Gasteiger partial charge >= 0.3 is 0 Å². The van der Waals surface area contributed by atoms with Crippen LogP contribution in [0.25, 0.3) is 0 Å². The number of anilines is 1. The molecule has 2 heterocycles. The van der Waals surface area contributed by atoms with Crippen LogP contribution in [-0.4, -0.2) is 61.9 Å². The van der Waals surface area contributed by atoms with Gasteiger partial charge in [-0.05, 0) is 31.4 Å². The summed E-state index contributed by atoms with van der Waals surface area (Å²) >= 11 is 0. The number of pyridine rings is 1. The Hall–Kier alpha value is -1.63. The van der Waals surface area contributed by atoms with E-state index < -0.39 is 9.84 Å². The molecule has 1 aromatic heterocycles. The zero-order chi connectivity index (χ0) is 17.7. The van der Waals surface area contributed by atoms with Crippen LogP contribution in [0.3, 0.4) is 0 Å². The van der Waals surface area contributed by atoms with Crippen LogP contribution in [-0.2, 0) is 9.84 Å². The van der Waals surface area contributed by atoms with E-state index in [0.29, 0.717) is 17.8 Å². The van der Waals surface area contributed by atoms with E-state index in [1.807, 2.05) is 16.8 Å². The topological polar surface area (TPSA) is 70.6 Å². The van der Waals surface area contributed by atoms with Crippen LogP contribution in [0.2, 0.25) is 0 Å². The van der Waals surface area contributed by atoms with Gasteiger partial charge in [-0.15, -0.1) is 0 Å². The smallest absolute Gasteiger partial charge is 0.255 e. The molecule has 1 aliphatic heterocycles. The fourth-order valence-corrected chi connectivity index (χ4v) is 4.80. The Bertz CT molecular complexity index is 652. The van der Waals surface area contributed by atoms with Gasteiger partial charge in [-0.2, -0.15) is 0 Å². The van der Waals surface area contributed by atoms with E-state index in [9.17, 15) is 13.2 Å². The van der Waals surface area contributed by atoms with Gasteiger partial charge in [0.2, 0.25) is 0 Å². The van der Waals surface area contributed by atoms with Crippen LogP contribution in [0.15, 0.2) is 18.3 Å². The van der Waals surface area contributed by atoms with Crippen molar-refractivity contribution in [3.05, 3.63) is 23.9 Å². The first-order chi connectivity index (χ1) is 11.4. The van der Waals surface area contributed by atoms with Crippen LogP contribution in [0.1, 0.15) is 43.5 Å². The number of rotatable bonds is 7. The molecule has 0 aromatic carbocycles. The lowest BCUT2D eigenvalue weighted by atomic mass is 10.2. The number of nitrogens with zero attached hydrogens (tertiary/aromatic N) is 3. The van der Waals surface area contributed by atoms with Gasteiger partial charge < -0.3 is 9.80 Å². The van der Waals surface area contributed by atoms with Crippen molar-refractivity contribution in [2.24, 2.45) is 0 Å². The quantitative estimate of drug-likeness (QED) is 0.749. The number of amides is 1. The van der Waals surface area contributed by atoms with E-state index in [4.69, 9.17) is 0 Å². The van der Waals surface area contributed by atoms with Crippen molar-refractivity contribution in [1.82, 2.24) is 9.88 Å². The lowest BCUT2D eigenvalue weighted by Gasteiger charge is -2.25. The van der Waals surface area contributed by atoms with E-state index in [0.717, 1.165) is 25.9 Å². The number of carbonyl (C=O) groups excluding carboxylic acids is 1. The molecule has 0 saturated carbocycles. The highest BCUT2D eigenvalue weighted by molar-refractivity contribution is 7.91. The second-order valence-electron chi connectivity index (χ2n) is 6.37. The van der Waals surface area contributed by atoms with Crippen molar-refractivity contribution < 1.29 is 13.2 Å². The molecule has 2 rings (SSSR count). The standard InChI is InChI=1S/C17H27N3O3S/c1-4-9-20(10-5-2)17(21)14-6-7-16(18-12-14)19(3)15-8-11-24(22,23)13-15/h6-7,12,15H,4-5,8-11,13H2,1-3H3. The zero-order valence-corrected chi connectivity index (χ0v) is 15.6. The molecule has 1 atom stereocenters. The SMILES string of the molecule is CCCN(CCC)C(=O)c1ccc(N(C)C2CCS(=O)(=O)C2)nc1. The van der Waals surface area contributed by atoms with E-state index in [-0.39, 0.29) is 23.5 Å². The lowest BCUT2D eigenvalue weighted by Crippen LogP contribution is -2.34. The third kappa shape index (κ3) is 4.47. The summed E-state index contributed by atoms with van der Waals surface area (Å²) in [4.78, 5) is 20.7. The Morgan fingerprint density at radius 2 is 1.92 bits per heavy atom. The molecular formula is C17H27N3O3S. The third-order valence-corrected chi connectivity index (χ3v) is 6.14. The number of hydrogen-bond donors (Lipinski definition) is 0. The highest BCUT2D eigenvalue weighted by Crippen LogP contribution is 2.21. The van der Waals surface area contributed by atoms with Crippen molar-refractivity contribution in [3.8, 4) is 0 Å². The Morgan fingerprint density at radius 3 is 2.38 bits per heavy atom. The van der Waals surface area contributed by atoms with Crippen molar-refractivity contribution in [1.29, 1.82) is 0 Å². The molecule has 0 aliphatic carbocycles. The lowest BCUT2D eigenvalue weighted by molar-refractivity contribution is 0.0755. The molecule has 0 N–H and O–H groups in total. The number of aromatic nitrogens is 1. The molecule has 0 radical (unpaired) electrons. The van der Waals surface area contributed by atoms with Crippen molar-refractivity contribution >= 4 is 21.6 Å². The molecule has 0 bridgehead atoms. The summed E-state index contributed by atoms with van der Waals surface area (Å²) in [7, 11) is -1.07. The second-order valence-corrected chi connectivity index (χ2v) is 8.59. The molecule has 6 nitrogen and oxygen atoms in total. The Kier molecular flexibility index (Phi) is 6.21. The predicted octanol–water partition coefficient (Wildman–Crippen LogP) is 1.97. The van der Waals surface area contributed by atoms with Crippen molar-refractivity contribution in [3.63, 3.8) is 0 Å². The van der Waals surface area contributed by atoms with Crippen LogP contribution >= 0.6 is 0 Å². The van der Waals surface area contributed by atoms with Gasteiger partial charge in [-0.1, -0.05) is 13.8 Å². The summed E-state index contributed by atoms with van der Waals surface area (Å²) in [6.45, 7) is 5.60. The van der Waals surface area contributed by atoms with E-state index in [2.05, 4.69) is 18.8 Å². The second kappa shape index (κ2) is 7.96. The molecule has 134 valence electrons. The van der Waals surface area contributed by atoms with Crippen molar-refractivity contribution in [2.75, 3.05) is 36.5 Å². The molecule has 0 spiro atoms. The summed E-state index contributed by atoms with van der Waals surface area (Å²) in [6.07, 6.45) is 4.07. The third-order valence-electron chi connectivity index (χ3n) is 4.39. The average molecular weight is 353 g/mol. The maximum absolute atomic E-state index is 12.5. The van der Waals surface area contributed by atoms with E-state index >= 15 is 0 Å². The first kappa shape index (κ1) is 18.7. The Labute approximate surface area is 144 Å². The van der Waals surface area contributed by atoms with Crippen molar-refractivity contribution in [2.45, 2.75) is 39.2 Å². The highest BCUT2D eigenvalue weighted by Gasteiger charge is 2.31. The predicted molar refractivity (Wildman–Crippen MR) is 96.2 cm³/mol. The minimum atomic E-state index is -2.92. The monoisotopic (exact) mass is 353 g/mol. The number of sulfone groups is 1. The zero-order valence-electron chi connectivity index (χ0n) is 14.7. The van der Waals surface area contributed by atoms with Crippen LogP contribution in [0, 0.1) is 0 Å². The molecule has 24 heavy (non-hydrogen) atoms. The number of carbonyl (C=O) groups is 1. The first-order valence-electron chi connectivity index (χ1n) is 8.56. The maximum Gasteiger partial charge on any atom is 0.255 e. The van der Waals surface area contributed by atoms with Crippen LogP contribution in [0.5, 0.6) is 0 Å². The summed E-state index contributed by atoms with van der Waals surface area (Å²) in [5, 5.41) is 0. The number of hydrogen-bond acceptors (Lipinski definition) is 5. The fraction of sp³-hybridized carbons (Fsp3) is 0.647. The molecule has 1 saturated heterocycles. The minimum absolute atomic E-state index is 0.00356. The molecule has 1 fully saturated rings. The van der Waals surface area contributed by atoms with Gasteiger partial charge in [-0.3, -0.25) is 4.79 Å². The van der Waals surface area contributed by atoms with Gasteiger partial charge in [0, 0.05) is 32.4 Å². The van der Waals surface area contributed by atoms with Gasteiger partial charge in [0.25, 0.3) is 5.91 Å². The fourth-order valence-electron chi connectivity index (χ4n) is 3.03.